The highest BCUT2D eigenvalue weighted by Gasteiger charge is 2.47. The minimum Gasteiger partial charge on any atom is -0.0651 e. The maximum Gasteiger partial charge on any atom is -0.0324 e. The van der Waals surface area contributed by atoms with Gasteiger partial charge in [0.05, 0.1) is 0 Å². The topological polar surface area (TPSA) is 0 Å². The molecule has 0 aliphatic heterocycles. The van der Waals surface area contributed by atoms with Crippen LogP contribution in [0.15, 0.2) is 0 Å². The minimum absolute atomic E-state index is 1.06. The summed E-state index contributed by atoms with van der Waals surface area (Å²) in [5, 5.41) is 0. The van der Waals surface area contributed by atoms with E-state index in [2.05, 4.69) is 6.92 Å². The molecule has 0 spiro atoms. The van der Waals surface area contributed by atoms with Crippen molar-refractivity contribution in [2.75, 3.05) is 0 Å². The Labute approximate surface area is 202 Å². The third-order valence-corrected chi connectivity index (χ3v) is 11.1. The number of hydrogen-bond acceptors (Lipinski definition) is 0. The van der Waals surface area contributed by atoms with Crippen molar-refractivity contribution in [2.45, 2.75) is 161 Å². The Bertz CT molecular complexity index is 472. The second-order valence-electron chi connectivity index (χ2n) is 12.9. The van der Waals surface area contributed by atoms with Gasteiger partial charge in [0.2, 0.25) is 0 Å². The summed E-state index contributed by atoms with van der Waals surface area (Å²) in [4.78, 5) is 0. The molecule has 0 aromatic rings. The van der Waals surface area contributed by atoms with Crippen LogP contribution in [0.5, 0.6) is 0 Å². The molecule has 0 N–H and O–H groups in total. The SMILES string of the molecule is C1CCC(C2CCC3CCCC3C2C2CCCCC2)CC1.CCC1CCCCCCCC1. The second-order valence-corrected chi connectivity index (χ2v) is 12.9. The van der Waals surface area contributed by atoms with Crippen molar-refractivity contribution in [1.82, 2.24) is 0 Å². The average Bonchev–Trinajstić information content (AvgIpc) is 3.38. The maximum atomic E-state index is 2.35. The highest BCUT2D eigenvalue weighted by molar-refractivity contribution is 4.96. The second kappa shape index (κ2) is 13.8. The van der Waals surface area contributed by atoms with Crippen LogP contribution < -0.4 is 0 Å². The van der Waals surface area contributed by atoms with Gasteiger partial charge in [-0.1, -0.05) is 142 Å². The van der Waals surface area contributed by atoms with E-state index in [1.54, 1.807) is 83.5 Å². The molecule has 32 heavy (non-hydrogen) atoms. The molecule has 0 radical (unpaired) electrons. The Morgan fingerprint density at radius 1 is 0.375 bits per heavy atom. The number of hydrogen-bond donors (Lipinski definition) is 0. The summed E-state index contributed by atoms with van der Waals surface area (Å²) in [7, 11) is 0. The molecule has 0 nitrogen and oxygen atoms in total. The van der Waals surface area contributed by atoms with Crippen molar-refractivity contribution in [2.24, 2.45) is 41.4 Å². The number of fused-ring (bicyclic) bond motifs is 1. The number of rotatable bonds is 3. The first-order valence-electron chi connectivity index (χ1n) is 15.9. The lowest BCUT2D eigenvalue weighted by molar-refractivity contribution is 0.00318. The van der Waals surface area contributed by atoms with Crippen molar-refractivity contribution in [3.63, 3.8) is 0 Å². The van der Waals surface area contributed by atoms with Gasteiger partial charge in [-0.25, -0.2) is 0 Å². The van der Waals surface area contributed by atoms with Gasteiger partial charge in [0.15, 0.2) is 0 Å². The van der Waals surface area contributed by atoms with Gasteiger partial charge in [0.1, 0.15) is 0 Å². The highest BCUT2D eigenvalue weighted by Crippen LogP contribution is 2.56. The molecule has 4 atom stereocenters. The van der Waals surface area contributed by atoms with Crippen LogP contribution in [-0.4, -0.2) is 0 Å². The fourth-order valence-electron chi connectivity index (χ4n) is 9.30. The first-order chi connectivity index (χ1) is 15.9. The first kappa shape index (κ1) is 25.1. The normalized spacial score (nSPS) is 36.3. The van der Waals surface area contributed by atoms with E-state index in [0.29, 0.717) is 0 Å². The summed E-state index contributed by atoms with van der Waals surface area (Å²) in [6.07, 6.45) is 37.0. The molecule has 186 valence electrons. The third-order valence-electron chi connectivity index (χ3n) is 11.1. The Morgan fingerprint density at radius 3 is 1.44 bits per heavy atom. The first-order valence-corrected chi connectivity index (χ1v) is 15.9. The zero-order valence-corrected chi connectivity index (χ0v) is 22.0. The van der Waals surface area contributed by atoms with Crippen LogP contribution >= 0.6 is 0 Å². The lowest BCUT2D eigenvalue weighted by Crippen LogP contribution is -2.41. The molecule has 5 saturated carbocycles. The largest absolute Gasteiger partial charge is 0.0651 e. The molecule has 0 bridgehead atoms. The summed E-state index contributed by atoms with van der Waals surface area (Å²) in [6.45, 7) is 2.35. The predicted molar refractivity (Wildman–Crippen MR) is 141 cm³/mol. The molecule has 0 heteroatoms. The predicted octanol–water partition coefficient (Wildman–Crippen LogP) is 10.7. The van der Waals surface area contributed by atoms with Crippen LogP contribution in [-0.2, 0) is 0 Å². The quantitative estimate of drug-likeness (QED) is 0.407. The smallest absolute Gasteiger partial charge is 0.0324 e. The summed E-state index contributed by atoms with van der Waals surface area (Å²) >= 11 is 0. The van der Waals surface area contributed by atoms with Gasteiger partial charge < -0.3 is 0 Å². The van der Waals surface area contributed by atoms with Crippen LogP contribution in [0.1, 0.15) is 161 Å². The van der Waals surface area contributed by atoms with Crippen LogP contribution in [0, 0.1) is 41.4 Å². The molecule has 0 aromatic carbocycles. The molecule has 4 unspecified atom stereocenters. The zero-order valence-electron chi connectivity index (χ0n) is 22.0. The van der Waals surface area contributed by atoms with E-state index in [-0.39, 0.29) is 0 Å². The molecule has 5 aliphatic carbocycles. The van der Waals surface area contributed by atoms with Gasteiger partial charge >= 0.3 is 0 Å². The van der Waals surface area contributed by atoms with Crippen LogP contribution in [0.25, 0.3) is 0 Å². The van der Waals surface area contributed by atoms with Crippen molar-refractivity contribution < 1.29 is 0 Å². The van der Waals surface area contributed by atoms with Crippen molar-refractivity contribution in [3.8, 4) is 0 Å². The summed E-state index contributed by atoms with van der Waals surface area (Å²) in [5.74, 6) is 7.95. The Morgan fingerprint density at radius 2 is 0.812 bits per heavy atom. The minimum atomic E-state index is 1.06. The zero-order chi connectivity index (χ0) is 22.0. The average molecular weight is 443 g/mol. The standard InChI is InChI=1S/C21H36.C11H22/c1-3-8-16(9-4-1)20-15-14-17-12-7-13-19(17)21(20)18-10-5-2-6-11-18;1-2-11-9-7-5-3-4-6-8-10-11/h16-21H,1-15H2;11H,2-10H2,1H3. The fourth-order valence-corrected chi connectivity index (χ4v) is 9.30. The van der Waals surface area contributed by atoms with E-state index < -0.39 is 0 Å². The Hall–Kier alpha value is 0. The highest BCUT2D eigenvalue weighted by atomic mass is 14.5. The van der Waals surface area contributed by atoms with Gasteiger partial charge in [-0.05, 0) is 60.7 Å². The van der Waals surface area contributed by atoms with Gasteiger partial charge in [0.25, 0.3) is 0 Å². The van der Waals surface area contributed by atoms with Gasteiger partial charge in [-0.3, -0.25) is 0 Å². The molecule has 5 fully saturated rings. The summed E-state index contributed by atoms with van der Waals surface area (Å²) < 4.78 is 0. The van der Waals surface area contributed by atoms with Crippen LogP contribution in [0.4, 0.5) is 0 Å². The Balaban J connectivity index is 0.000000189. The molecule has 5 aliphatic rings. The van der Waals surface area contributed by atoms with Crippen molar-refractivity contribution in [3.05, 3.63) is 0 Å². The molecular formula is C32H58. The lowest BCUT2D eigenvalue weighted by Gasteiger charge is -2.49. The lowest BCUT2D eigenvalue weighted by atomic mass is 9.56. The maximum absolute atomic E-state index is 2.35. The van der Waals surface area contributed by atoms with Crippen molar-refractivity contribution >= 4 is 0 Å². The Kier molecular flexibility index (Phi) is 10.8. The fraction of sp³-hybridized carbons (Fsp3) is 1.00. The van der Waals surface area contributed by atoms with Crippen molar-refractivity contribution in [1.29, 1.82) is 0 Å². The van der Waals surface area contributed by atoms with Crippen LogP contribution in [0.2, 0.25) is 0 Å². The molecule has 0 saturated heterocycles. The van der Waals surface area contributed by atoms with E-state index in [9.17, 15) is 0 Å². The molecule has 0 heterocycles. The monoisotopic (exact) mass is 442 g/mol. The van der Waals surface area contributed by atoms with E-state index in [0.717, 1.165) is 41.4 Å². The van der Waals surface area contributed by atoms with Gasteiger partial charge in [0, 0.05) is 0 Å². The summed E-state index contributed by atoms with van der Waals surface area (Å²) in [5.41, 5.74) is 0. The van der Waals surface area contributed by atoms with E-state index in [1.807, 2.05) is 0 Å². The van der Waals surface area contributed by atoms with E-state index in [1.165, 1.54) is 70.6 Å². The molecular weight excluding hydrogens is 384 g/mol. The molecule has 5 rings (SSSR count). The molecule has 0 aromatic heterocycles. The summed E-state index contributed by atoms with van der Waals surface area (Å²) in [6, 6.07) is 0. The third kappa shape index (κ3) is 7.01. The molecule has 0 amide bonds. The van der Waals surface area contributed by atoms with Gasteiger partial charge in [-0.2, -0.15) is 0 Å². The van der Waals surface area contributed by atoms with E-state index >= 15 is 0 Å². The van der Waals surface area contributed by atoms with E-state index in [4.69, 9.17) is 0 Å². The van der Waals surface area contributed by atoms with Crippen LogP contribution in [0.3, 0.4) is 0 Å². The van der Waals surface area contributed by atoms with Gasteiger partial charge in [-0.15, -0.1) is 0 Å².